The molecular formula is C27H32FN3O. The number of benzene rings is 2. The first-order chi connectivity index (χ1) is 15.7. The normalized spacial score (nSPS) is 20.1. The van der Waals surface area contributed by atoms with Crippen LogP contribution < -0.4 is 4.90 Å². The van der Waals surface area contributed by atoms with Gasteiger partial charge in [-0.05, 0) is 67.6 Å². The molecule has 168 valence electrons. The lowest BCUT2D eigenvalue weighted by molar-refractivity contribution is -0.123. The number of H-pyrrole nitrogens is 1. The van der Waals surface area contributed by atoms with Crippen LogP contribution >= 0.6 is 0 Å². The Balaban J connectivity index is 1.26. The monoisotopic (exact) mass is 433 g/mol. The number of hydrogen-bond acceptors (Lipinski definition) is 2. The third-order valence-corrected chi connectivity index (χ3v) is 7.32. The molecule has 2 heterocycles. The van der Waals surface area contributed by atoms with Gasteiger partial charge < -0.3 is 14.8 Å². The number of para-hydroxylation sites is 1. The Morgan fingerprint density at radius 1 is 1.06 bits per heavy atom. The zero-order valence-corrected chi connectivity index (χ0v) is 18.6. The average molecular weight is 434 g/mol. The molecule has 0 bridgehead atoms. The van der Waals surface area contributed by atoms with Gasteiger partial charge in [-0.2, -0.15) is 0 Å². The topological polar surface area (TPSA) is 39.3 Å². The maximum atomic E-state index is 13.8. The highest BCUT2D eigenvalue weighted by molar-refractivity contribution is 5.95. The van der Waals surface area contributed by atoms with E-state index in [9.17, 15) is 9.18 Å². The molecule has 5 heteroatoms. The van der Waals surface area contributed by atoms with Crippen molar-refractivity contribution in [3.05, 3.63) is 66.1 Å². The lowest BCUT2D eigenvalue weighted by Gasteiger charge is -2.31. The summed E-state index contributed by atoms with van der Waals surface area (Å²) in [4.78, 5) is 21.2. The highest BCUT2D eigenvalue weighted by atomic mass is 19.1. The fourth-order valence-electron chi connectivity index (χ4n) is 5.53. The number of nitrogens with zero attached hydrogens (tertiary/aromatic N) is 2. The molecule has 4 nitrogen and oxygen atoms in total. The van der Waals surface area contributed by atoms with E-state index >= 15 is 0 Å². The minimum absolute atomic E-state index is 0.163. The van der Waals surface area contributed by atoms with Gasteiger partial charge in [-0.3, -0.25) is 4.79 Å². The lowest BCUT2D eigenvalue weighted by Crippen LogP contribution is -2.41. The molecule has 3 aromatic rings. The fraction of sp³-hybridized carbons (Fsp3) is 0.444. The molecule has 0 spiro atoms. The van der Waals surface area contributed by atoms with Gasteiger partial charge in [-0.1, -0.05) is 37.5 Å². The van der Waals surface area contributed by atoms with Crippen LogP contribution in [0.25, 0.3) is 10.9 Å². The molecule has 1 saturated heterocycles. The van der Waals surface area contributed by atoms with E-state index in [2.05, 4.69) is 9.88 Å². The molecule has 1 N–H and O–H groups in total. The fourth-order valence-corrected chi connectivity index (χ4v) is 5.53. The van der Waals surface area contributed by atoms with Crippen molar-refractivity contribution in [2.24, 2.45) is 5.92 Å². The predicted molar refractivity (Wildman–Crippen MR) is 127 cm³/mol. The van der Waals surface area contributed by atoms with Gasteiger partial charge in [0.25, 0.3) is 0 Å². The highest BCUT2D eigenvalue weighted by Crippen LogP contribution is 2.33. The molecule has 1 saturated carbocycles. The van der Waals surface area contributed by atoms with E-state index in [0.29, 0.717) is 18.4 Å². The molecule has 1 aliphatic heterocycles. The van der Waals surface area contributed by atoms with Crippen molar-refractivity contribution < 1.29 is 9.18 Å². The van der Waals surface area contributed by atoms with Crippen molar-refractivity contribution in [1.29, 1.82) is 0 Å². The number of aromatic nitrogens is 1. The van der Waals surface area contributed by atoms with Gasteiger partial charge in [0, 0.05) is 48.3 Å². The number of amides is 1. The maximum absolute atomic E-state index is 13.8. The first-order valence-corrected chi connectivity index (χ1v) is 12.0. The van der Waals surface area contributed by atoms with Gasteiger partial charge >= 0.3 is 0 Å². The van der Waals surface area contributed by atoms with Crippen LogP contribution in [0.2, 0.25) is 0 Å². The Morgan fingerprint density at radius 3 is 2.69 bits per heavy atom. The summed E-state index contributed by atoms with van der Waals surface area (Å²) in [7, 11) is 0. The van der Waals surface area contributed by atoms with Crippen LogP contribution in [0, 0.1) is 11.7 Å². The van der Waals surface area contributed by atoms with Crippen LogP contribution in [0.15, 0.2) is 54.7 Å². The van der Waals surface area contributed by atoms with E-state index in [4.69, 9.17) is 0 Å². The Kier molecular flexibility index (Phi) is 6.26. The quantitative estimate of drug-likeness (QED) is 0.541. The number of carbonyl (C=O) groups excluding carboxylic acids is 1. The van der Waals surface area contributed by atoms with Crippen molar-refractivity contribution in [3.63, 3.8) is 0 Å². The van der Waals surface area contributed by atoms with E-state index in [1.54, 1.807) is 6.07 Å². The maximum Gasteiger partial charge on any atom is 0.230 e. The molecule has 1 atom stereocenters. The smallest absolute Gasteiger partial charge is 0.230 e. The van der Waals surface area contributed by atoms with Crippen LogP contribution in [0.5, 0.6) is 0 Å². The third-order valence-electron chi connectivity index (χ3n) is 7.32. The van der Waals surface area contributed by atoms with Crippen LogP contribution in [-0.2, 0) is 4.79 Å². The number of likely N-dealkylation sites (tertiary alicyclic amines) is 1. The van der Waals surface area contributed by atoms with E-state index in [1.807, 2.05) is 47.5 Å². The SMILES string of the molecule is O=C(C1CCCCC1)N(CCN1CCC(c2c[nH]c3ccc(F)cc23)C1)c1ccccc1. The van der Waals surface area contributed by atoms with E-state index in [-0.39, 0.29) is 11.7 Å². The average Bonchev–Trinajstić information content (AvgIpc) is 3.47. The number of anilines is 1. The summed E-state index contributed by atoms with van der Waals surface area (Å²) >= 11 is 0. The Bertz CT molecular complexity index is 1060. The Hall–Kier alpha value is -2.66. The number of halogens is 1. The van der Waals surface area contributed by atoms with E-state index < -0.39 is 0 Å². The Labute approximate surface area is 189 Å². The van der Waals surface area contributed by atoms with Crippen molar-refractivity contribution in [2.75, 3.05) is 31.1 Å². The number of aromatic amines is 1. The standard InChI is InChI=1S/C27H32FN3O/c28-22-11-12-26-24(17-22)25(18-29-26)21-13-14-30(19-21)15-16-31(23-9-5-2-6-10-23)27(32)20-7-3-1-4-8-20/h2,5-6,9-12,17-18,20-21,29H,1,3-4,7-8,13-16,19H2. The number of carbonyl (C=O) groups is 1. The summed E-state index contributed by atoms with van der Waals surface area (Å²) in [6.07, 6.45) is 8.72. The van der Waals surface area contributed by atoms with Gasteiger partial charge in [-0.25, -0.2) is 4.39 Å². The van der Waals surface area contributed by atoms with Crippen LogP contribution in [0.4, 0.5) is 10.1 Å². The van der Waals surface area contributed by atoms with Crippen molar-refractivity contribution >= 4 is 22.5 Å². The molecule has 1 aliphatic carbocycles. The molecule has 2 aliphatic rings. The first kappa shape index (κ1) is 21.2. The largest absolute Gasteiger partial charge is 0.361 e. The van der Waals surface area contributed by atoms with Gasteiger partial charge in [0.05, 0.1) is 0 Å². The minimum Gasteiger partial charge on any atom is -0.361 e. The molecule has 1 amide bonds. The van der Waals surface area contributed by atoms with Crippen LogP contribution in [0.3, 0.4) is 0 Å². The highest BCUT2D eigenvalue weighted by Gasteiger charge is 2.29. The summed E-state index contributed by atoms with van der Waals surface area (Å²) in [6.45, 7) is 3.53. The number of fused-ring (bicyclic) bond motifs is 1. The van der Waals surface area contributed by atoms with E-state index in [0.717, 1.165) is 68.3 Å². The van der Waals surface area contributed by atoms with Gasteiger partial charge in [0.1, 0.15) is 5.82 Å². The molecule has 32 heavy (non-hydrogen) atoms. The van der Waals surface area contributed by atoms with Crippen molar-refractivity contribution in [3.8, 4) is 0 Å². The molecule has 2 fully saturated rings. The number of hydrogen-bond donors (Lipinski definition) is 1. The molecule has 5 rings (SSSR count). The summed E-state index contributed by atoms with van der Waals surface area (Å²) in [6, 6.07) is 15.1. The van der Waals surface area contributed by atoms with Crippen LogP contribution in [0.1, 0.15) is 50.0 Å². The second-order valence-corrected chi connectivity index (χ2v) is 9.38. The molecule has 2 aromatic carbocycles. The number of nitrogens with one attached hydrogen (secondary N) is 1. The van der Waals surface area contributed by atoms with E-state index in [1.165, 1.54) is 18.1 Å². The lowest BCUT2D eigenvalue weighted by atomic mass is 9.88. The zero-order chi connectivity index (χ0) is 21.9. The number of rotatable bonds is 6. The second kappa shape index (κ2) is 9.45. The molecule has 1 unspecified atom stereocenters. The summed E-state index contributed by atoms with van der Waals surface area (Å²) in [5, 5.41) is 0.996. The van der Waals surface area contributed by atoms with Crippen LogP contribution in [-0.4, -0.2) is 42.0 Å². The predicted octanol–water partition coefficient (Wildman–Crippen LogP) is 5.71. The molecular weight excluding hydrogens is 401 g/mol. The summed E-state index contributed by atoms with van der Waals surface area (Å²) < 4.78 is 13.8. The second-order valence-electron chi connectivity index (χ2n) is 9.38. The Morgan fingerprint density at radius 2 is 1.88 bits per heavy atom. The first-order valence-electron chi connectivity index (χ1n) is 12.0. The summed E-state index contributed by atoms with van der Waals surface area (Å²) in [5.74, 6) is 0.660. The molecule has 1 aromatic heterocycles. The third kappa shape index (κ3) is 4.44. The van der Waals surface area contributed by atoms with Gasteiger partial charge in [0.2, 0.25) is 5.91 Å². The minimum atomic E-state index is -0.187. The van der Waals surface area contributed by atoms with Gasteiger partial charge in [-0.15, -0.1) is 0 Å². The molecule has 0 radical (unpaired) electrons. The van der Waals surface area contributed by atoms with Crippen molar-refractivity contribution in [2.45, 2.75) is 44.4 Å². The summed E-state index contributed by atoms with van der Waals surface area (Å²) in [5.41, 5.74) is 3.21. The zero-order valence-electron chi connectivity index (χ0n) is 18.6. The van der Waals surface area contributed by atoms with Crippen molar-refractivity contribution in [1.82, 2.24) is 9.88 Å². The van der Waals surface area contributed by atoms with Gasteiger partial charge in [0.15, 0.2) is 0 Å².